The lowest BCUT2D eigenvalue weighted by molar-refractivity contribution is -0.278. The number of nitrogens with zero attached hydrogens (tertiary/aromatic N) is 2. The Hall–Kier alpha value is -4.18. The maximum Gasteiger partial charge on any atom is 0.436 e. The van der Waals surface area contributed by atoms with Gasteiger partial charge < -0.3 is 4.74 Å². The number of halogens is 4. The summed E-state index contributed by atoms with van der Waals surface area (Å²) < 4.78 is 65.3. The smallest absolute Gasteiger partial charge is 0.436 e. The molecule has 0 radical (unpaired) electrons. The number of hydroxylamine groups is 1. The molecule has 0 aliphatic carbocycles. The molecule has 35 heavy (non-hydrogen) atoms. The van der Waals surface area contributed by atoms with E-state index in [1.54, 1.807) is 54.0 Å². The lowest BCUT2D eigenvalue weighted by Crippen LogP contribution is -2.34. The number of nitrogens with one attached hydrogen (secondary N) is 1. The summed E-state index contributed by atoms with van der Waals surface area (Å²) in [7, 11) is 1.21. The van der Waals surface area contributed by atoms with E-state index in [0.29, 0.717) is 4.57 Å². The van der Waals surface area contributed by atoms with Crippen molar-refractivity contribution in [3.63, 3.8) is 0 Å². The molecule has 3 aromatic carbocycles. The Bertz CT molecular complexity index is 1310. The van der Waals surface area contributed by atoms with E-state index in [2.05, 4.69) is 9.82 Å². The Morgan fingerprint density at radius 3 is 2.20 bits per heavy atom. The first-order chi connectivity index (χ1) is 16.8. The summed E-state index contributed by atoms with van der Waals surface area (Å²) >= 11 is 0. The van der Waals surface area contributed by atoms with Gasteiger partial charge in [-0.05, 0) is 17.7 Å². The second kappa shape index (κ2) is 9.98. The number of hydrogen-bond acceptors (Lipinski definition) is 4. The Balaban J connectivity index is 1.72. The van der Waals surface area contributed by atoms with E-state index in [-0.39, 0.29) is 23.4 Å². The average Bonchev–Trinajstić information content (AvgIpc) is 3.27. The molecule has 0 saturated heterocycles. The van der Waals surface area contributed by atoms with Gasteiger partial charge in [0, 0.05) is 30.3 Å². The van der Waals surface area contributed by atoms with E-state index >= 15 is 8.78 Å². The van der Waals surface area contributed by atoms with Gasteiger partial charge in [-0.1, -0.05) is 48.5 Å². The molecule has 0 saturated carbocycles. The summed E-state index contributed by atoms with van der Waals surface area (Å²) in [6.45, 7) is 0. The summed E-state index contributed by atoms with van der Waals surface area (Å²) in [6, 6.07) is 18.1. The van der Waals surface area contributed by atoms with Crippen LogP contribution in [0.5, 0.6) is 5.75 Å². The van der Waals surface area contributed by atoms with E-state index < -0.39 is 35.2 Å². The molecule has 10 heteroatoms. The quantitative estimate of drug-likeness (QED) is 0.277. The van der Waals surface area contributed by atoms with Gasteiger partial charge in [-0.2, -0.15) is 13.6 Å². The zero-order valence-corrected chi connectivity index (χ0v) is 18.3. The molecule has 4 rings (SSSR count). The van der Waals surface area contributed by atoms with Gasteiger partial charge in [-0.25, -0.2) is 19.2 Å². The molecule has 1 N–H and O–H groups in total. The molecule has 0 fully saturated rings. The maximum absolute atomic E-state index is 15.1. The molecule has 0 spiro atoms. The Kier molecular flexibility index (Phi) is 6.83. The molecule has 1 heterocycles. The van der Waals surface area contributed by atoms with Crippen LogP contribution in [-0.2, 0) is 17.4 Å². The van der Waals surface area contributed by atoms with E-state index in [0.717, 1.165) is 23.9 Å². The third-order valence-corrected chi connectivity index (χ3v) is 5.02. The van der Waals surface area contributed by atoms with Gasteiger partial charge in [-0.3, -0.25) is 9.36 Å². The van der Waals surface area contributed by atoms with Crippen LogP contribution in [0.1, 0.15) is 27.4 Å². The number of benzene rings is 3. The second-order valence-corrected chi connectivity index (χ2v) is 7.44. The third kappa shape index (κ3) is 5.33. The molecule has 1 aromatic heterocycles. The van der Waals surface area contributed by atoms with E-state index in [1.807, 2.05) is 0 Å². The molecule has 0 atom stereocenters. The van der Waals surface area contributed by atoms with Crippen molar-refractivity contribution < 1.29 is 31.9 Å². The summed E-state index contributed by atoms with van der Waals surface area (Å²) in [5.41, 5.74) is 1.78. The van der Waals surface area contributed by atoms with Gasteiger partial charge in [-0.15, -0.1) is 0 Å². The topological polar surface area (TPSA) is 65.4 Å². The molecule has 4 aromatic rings. The van der Waals surface area contributed by atoms with Crippen LogP contribution >= 0.6 is 0 Å². The van der Waals surface area contributed by atoms with Gasteiger partial charge in [0.05, 0.1) is 12.8 Å². The zero-order valence-electron chi connectivity index (χ0n) is 18.3. The largest absolute Gasteiger partial charge is 0.497 e. The minimum atomic E-state index is -4.25. The second-order valence-electron chi connectivity index (χ2n) is 7.44. The van der Waals surface area contributed by atoms with Gasteiger partial charge in [0.15, 0.2) is 11.6 Å². The number of rotatable bonds is 8. The normalized spacial score (nSPS) is 11.3. The highest BCUT2D eigenvalue weighted by Gasteiger charge is 2.42. The highest BCUT2D eigenvalue weighted by molar-refractivity contribution is 5.93. The third-order valence-electron chi connectivity index (χ3n) is 5.02. The number of amides is 1. The van der Waals surface area contributed by atoms with Gasteiger partial charge in [0.1, 0.15) is 11.4 Å². The van der Waals surface area contributed by atoms with E-state index in [1.165, 1.54) is 19.2 Å². The van der Waals surface area contributed by atoms with Crippen molar-refractivity contribution in [2.45, 2.75) is 12.5 Å². The number of aromatic nitrogens is 2. The lowest BCUT2D eigenvalue weighted by atomic mass is 10.1. The van der Waals surface area contributed by atoms with Crippen molar-refractivity contribution in [3.8, 4) is 11.4 Å². The molecular formula is C25H19F4N3O3. The molecular weight excluding hydrogens is 466 g/mol. The average molecular weight is 485 g/mol. The number of methoxy groups -OCH3 is 1. The van der Waals surface area contributed by atoms with Crippen LogP contribution in [0.25, 0.3) is 5.69 Å². The van der Waals surface area contributed by atoms with Crippen LogP contribution in [0.15, 0.2) is 79.0 Å². The van der Waals surface area contributed by atoms with Crippen molar-refractivity contribution in [2.24, 2.45) is 0 Å². The fourth-order valence-electron chi connectivity index (χ4n) is 3.39. The summed E-state index contributed by atoms with van der Waals surface area (Å²) in [4.78, 5) is 20.5. The number of ether oxygens (including phenoxy) is 1. The first kappa shape index (κ1) is 24.0. The fraction of sp³-hybridized carbons (Fsp3) is 0.120. The van der Waals surface area contributed by atoms with Crippen molar-refractivity contribution in [3.05, 3.63) is 113 Å². The number of hydrogen-bond donors (Lipinski definition) is 1. The van der Waals surface area contributed by atoms with Crippen LogP contribution in [-0.4, -0.2) is 22.6 Å². The fourth-order valence-corrected chi connectivity index (χ4v) is 3.39. The van der Waals surface area contributed by atoms with Crippen molar-refractivity contribution in [1.82, 2.24) is 15.0 Å². The lowest BCUT2D eigenvalue weighted by Gasteiger charge is -2.18. The number of carbonyl (C=O) groups is 1. The van der Waals surface area contributed by atoms with E-state index in [9.17, 15) is 13.6 Å². The summed E-state index contributed by atoms with van der Waals surface area (Å²) in [6.07, 6.45) is -3.06. The molecule has 1 amide bonds. The van der Waals surface area contributed by atoms with Gasteiger partial charge in [0.25, 0.3) is 5.91 Å². The Morgan fingerprint density at radius 2 is 1.60 bits per heavy atom. The molecule has 6 nitrogen and oxygen atoms in total. The number of alkyl halides is 2. The predicted octanol–water partition coefficient (Wildman–Crippen LogP) is 5.16. The summed E-state index contributed by atoms with van der Waals surface area (Å²) in [5.74, 6) is -4.51. The molecule has 0 aliphatic heterocycles. The molecule has 0 unspecified atom stereocenters. The van der Waals surface area contributed by atoms with Crippen LogP contribution in [0, 0.1) is 11.6 Å². The Morgan fingerprint density at radius 1 is 1.00 bits per heavy atom. The van der Waals surface area contributed by atoms with Crippen molar-refractivity contribution >= 4 is 5.91 Å². The molecule has 0 bridgehead atoms. The van der Waals surface area contributed by atoms with Crippen LogP contribution < -0.4 is 10.2 Å². The zero-order chi connectivity index (χ0) is 25.0. The summed E-state index contributed by atoms with van der Waals surface area (Å²) in [5, 5.41) is 0. The maximum atomic E-state index is 15.1. The predicted molar refractivity (Wildman–Crippen MR) is 118 cm³/mol. The minimum absolute atomic E-state index is 0.0728. The minimum Gasteiger partial charge on any atom is -0.497 e. The van der Waals surface area contributed by atoms with Crippen LogP contribution in [0.3, 0.4) is 0 Å². The van der Waals surface area contributed by atoms with Crippen molar-refractivity contribution in [1.29, 1.82) is 0 Å². The van der Waals surface area contributed by atoms with Gasteiger partial charge >= 0.3 is 6.11 Å². The van der Waals surface area contributed by atoms with Crippen LogP contribution in [0.2, 0.25) is 0 Å². The van der Waals surface area contributed by atoms with Crippen molar-refractivity contribution in [2.75, 3.05) is 7.11 Å². The molecule has 180 valence electrons. The SMILES string of the molecule is COc1cc(F)c(-n2cc(Cc3ccccc3)nc2C(F)(F)ONC(=O)c2ccccc2)c(F)c1. The van der Waals surface area contributed by atoms with Gasteiger partial charge in [0.2, 0.25) is 5.82 Å². The van der Waals surface area contributed by atoms with E-state index in [4.69, 9.17) is 4.74 Å². The van der Waals surface area contributed by atoms with Crippen LogP contribution in [0.4, 0.5) is 17.6 Å². The Labute approximate surface area is 197 Å². The monoisotopic (exact) mass is 485 g/mol. The number of imidazole rings is 1. The molecule has 0 aliphatic rings. The standard InChI is InChI=1S/C25H19F4N3O3/c1-34-19-13-20(26)22(21(27)14-19)32-15-18(12-16-8-4-2-5-9-16)30-24(32)25(28,29)35-31-23(33)17-10-6-3-7-11-17/h2-11,13-15H,12H2,1H3,(H,31,33). The first-order valence-electron chi connectivity index (χ1n) is 10.4. The highest BCUT2D eigenvalue weighted by Crippen LogP contribution is 2.33. The first-order valence-corrected chi connectivity index (χ1v) is 10.4. The highest BCUT2D eigenvalue weighted by atomic mass is 19.3. The number of carbonyl (C=O) groups excluding carboxylic acids is 1.